The fourth-order valence-electron chi connectivity index (χ4n) is 4.63. The summed E-state index contributed by atoms with van der Waals surface area (Å²) in [4.78, 5) is 27.7. The fraction of sp³-hybridized carbons (Fsp3) is 0.103. The average molecular weight is 503 g/mol. The third-order valence-corrected chi connectivity index (χ3v) is 6.35. The summed E-state index contributed by atoms with van der Waals surface area (Å²) in [6, 6.07) is 21.9. The molecule has 0 radical (unpaired) electrons. The predicted molar refractivity (Wildman–Crippen MR) is 133 cm³/mol. The van der Waals surface area contributed by atoms with Gasteiger partial charge in [0, 0.05) is 11.3 Å². The molecule has 8 heteroatoms. The Kier molecular flexibility index (Phi) is 5.95. The quantitative estimate of drug-likeness (QED) is 0.196. The van der Waals surface area contributed by atoms with Crippen LogP contribution in [0.3, 0.4) is 0 Å². The van der Waals surface area contributed by atoms with E-state index in [2.05, 4.69) is 0 Å². The van der Waals surface area contributed by atoms with Gasteiger partial charge in [-0.2, -0.15) is 13.2 Å². The van der Waals surface area contributed by atoms with Gasteiger partial charge < -0.3 is 9.84 Å². The number of anilines is 1. The largest absolute Gasteiger partial charge is 0.507 e. The summed E-state index contributed by atoms with van der Waals surface area (Å²) < 4.78 is 45.8. The van der Waals surface area contributed by atoms with Crippen LogP contribution in [-0.2, 0) is 15.8 Å². The maximum absolute atomic E-state index is 13.5. The predicted octanol–water partition coefficient (Wildman–Crippen LogP) is 6.49. The Hall–Kier alpha value is -4.59. The number of halogens is 3. The summed E-state index contributed by atoms with van der Waals surface area (Å²) in [5.74, 6) is -2.06. The Morgan fingerprint density at radius 1 is 0.892 bits per heavy atom. The van der Waals surface area contributed by atoms with Gasteiger partial charge in [0.2, 0.25) is 0 Å². The van der Waals surface area contributed by atoms with Crippen molar-refractivity contribution in [1.29, 1.82) is 0 Å². The molecule has 0 aromatic heterocycles. The molecule has 1 fully saturated rings. The van der Waals surface area contributed by atoms with Gasteiger partial charge in [-0.3, -0.25) is 14.5 Å². The van der Waals surface area contributed by atoms with Gasteiger partial charge in [-0.25, -0.2) is 0 Å². The van der Waals surface area contributed by atoms with E-state index < -0.39 is 35.2 Å². The maximum Gasteiger partial charge on any atom is 0.416 e. The van der Waals surface area contributed by atoms with Crippen LogP contribution in [0.15, 0.2) is 96.6 Å². The van der Waals surface area contributed by atoms with Crippen LogP contribution in [0.1, 0.15) is 22.7 Å². The molecule has 0 aliphatic carbocycles. The van der Waals surface area contributed by atoms with E-state index in [0.717, 1.165) is 22.4 Å². The van der Waals surface area contributed by atoms with E-state index >= 15 is 0 Å². The van der Waals surface area contributed by atoms with Crippen LogP contribution in [0.2, 0.25) is 0 Å². The lowest BCUT2D eigenvalue weighted by Crippen LogP contribution is -2.29. The van der Waals surface area contributed by atoms with Crippen LogP contribution in [0.25, 0.3) is 16.5 Å². The highest BCUT2D eigenvalue weighted by atomic mass is 19.4. The molecule has 1 aliphatic rings. The standard InChI is InChI=1S/C29H20F3NO4/c1-37-21-12-4-9-18(15-21)25-24(26(34)23-14-5-8-17-7-2-3-13-22(17)23)27(35)28(36)33(25)20-11-6-10-19(16-20)29(30,31)32/h2-16,25,34H,1H3/b26-24-. The average Bonchev–Trinajstić information content (AvgIpc) is 3.17. The van der Waals surface area contributed by atoms with Crippen molar-refractivity contribution in [2.75, 3.05) is 12.0 Å². The Bertz CT molecular complexity index is 1570. The number of hydrogen-bond acceptors (Lipinski definition) is 4. The summed E-state index contributed by atoms with van der Waals surface area (Å²) in [5.41, 5.74) is -0.607. The van der Waals surface area contributed by atoms with Gasteiger partial charge in [0.15, 0.2) is 0 Å². The van der Waals surface area contributed by atoms with Crippen LogP contribution < -0.4 is 9.64 Å². The summed E-state index contributed by atoms with van der Waals surface area (Å²) in [7, 11) is 1.44. The topological polar surface area (TPSA) is 66.8 Å². The molecule has 186 valence electrons. The van der Waals surface area contributed by atoms with Crippen molar-refractivity contribution in [3.8, 4) is 5.75 Å². The van der Waals surface area contributed by atoms with E-state index in [9.17, 15) is 27.9 Å². The Morgan fingerprint density at radius 2 is 1.59 bits per heavy atom. The van der Waals surface area contributed by atoms with Crippen molar-refractivity contribution < 1.29 is 32.6 Å². The summed E-state index contributed by atoms with van der Waals surface area (Å²) in [6.45, 7) is 0. The number of fused-ring (bicyclic) bond motifs is 1. The van der Waals surface area contributed by atoms with E-state index in [1.54, 1.807) is 48.5 Å². The first-order valence-corrected chi connectivity index (χ1v) is 11.3. The zero-order chi connectivity index (χ0) is 26.3. The van der Waals surface area contributed by atoms with E-state index in [1.165, 1.54) is 19.2 Å². The SMILES string of the molecule is COc1cccc(C2/C(=C(/O)c3cccc4ccccc34)C(=O)C(=O)N2c2cccc(C(F)(F)F)c2)c1. The van der Waals surface area contributed by atoms with Crippen LogP contribution in [0, 0.1) is 0 Å². The summed E-state index contributed by atoms with van der Waals surface area (Å²) in [5, 5.41) is 12.9. The van der Waals surface area contributed by atoms with Gasteiger partial charge >= 0.3 is 6.18 Å². The summed E-state index contributed by atoms with van der Waals surface area (Å²) in [6.07, 6.45) is -4.65. The molecular weight excluding hydrogens is 483 g/mol. The van der Waals surface area contributed by atoms with Gasteiger partial charge in [0.25, 0.3) is 11.7 Å². The van der Waals surface area contributed by atoms with Crippen molar-refractivity contribution in [3.05, 3.63) is 113 Å². The lowest BCUT2D eigenvalue weighted by atomic mass is 9.93. The molecule has 37 heavy (non-hydrogen) atoms. The third kappa shape index (κ3) is 4.20. The number of rotatable bonds is 4. The number of Topliss-reactive ketones (excluding diaryl/α,β-unsaturated/α-hetero) is 1. The zero-order valence-electron chi connectivity index (χ0n) is 19.5. The number of amides is 1. The van der Waals surface area contributed by atoms with Gasteiger partial charge in [0.05, 0.1) is 24.3 Å². The molecular formula is C29H20F3NO4. The van der Waals surface area contributed by atoms with Crippen LogP contribution in [-0.4, -0.2) is 23.9 Å². The first-order valence-electron chi connectivity index (χ1n) is 11.3. The molecule has 0 bridgehead atoms. The molecule has 5 nitrogen and oxygen atoms in total. The highest BCUT2D eigenvalue weighted by molar-refractivity contribution is 6.51. The number of alkyl halides is 3. The molecule has 1 saturated heterocycles. The van der Waals surface area contributed by atoms with Gasteiger partial charge in [-0.05, 0) is 46.7 Å². The van der Waals surface area contributed by atoms with E-state index in [-0.39, 0.29) is 11.3 Å². The molecule has 1 unspecified atom stereocenters. The number of methoxy groups -OCH3 is 1. The maximum atomic E-state index is 13.5. The second kappa shape index (κ2) is 9.13. The molecule has 1 heterocycles. The minimum absolute atomic E-state index is 0.123. The third-order valence-electron chi connectivity index (χ3n) is 6.35. The van der Waals surface area contributed by atoms with E-state index in [1.807, 2.05) is 18.2 Å². The van der Waals surface area contributed by atoms with E-state index in [4.69, 9.17) is 4.74 Å². The van der Waals surface area contributed by atoms with Crippen molar-refractivity contribution in [2.45, 2.75) is 12.2 Å². The lowest BCUT2D eigenvalue weighted by molar-refractivity contribution is -0.137. The molecule has 1 amide bonds. The van der Waals surface area contributed by atoms with Crippen LogP contribution >= 0.6 is 0 Å². The molecule has 4 aromatic rings. The minimum Gasteiger partial charge on any atom is -0.507 e. The number of aliphatic hydroxyl groups excluding tert-OH is 1. The molecule has 1 atom stereocenters. The van der Waals surface area contributed by atoms with Crippen molar-refractivity contribution in [1.82, 2.24) is 0 Å². The minimum atomic E-state index is -4.65. The van der Waals surface area contributed by atoms with Crippen LogP contribution in [0.4, 0.5) is 18.9 Å². The van der Waals surface area contributed by atoms with Crippen molar-refractivity contribution in [2.24, 2.45) is 0 Å². The van der Waals surface area contributed by atoms with Crippen molar-refractivity contribution >= 4 is 33.9 Å². The Morgan fingerprint density at radius 3 is 2.35 bits per heavy atom. The normalized spacial score (nSPS) is 17.4. The van der Waals surface area contributed by atoms with Gasteiger partial charge in [-0.1, -0.05) is 60.7 Å². The smallest absolute Gasteiger partial charge is 0.416 e. The Labute approximate surface area is 210 Å². The summed E-state index contributed by atoms with van der Waals surface area (Å²) >= 11 is 0. The van der Waals surface area contributed by atoms with Crippen molar-refractivity contribution in [3.63, 3.8) is 0 Å². The second-order valence-corrected chi connectivity index (χ2v) is 8.52. The number of hydrogen-bond donors (Lipinski definition) is 1. The van der Waals surface area contributed by atoms with E-state index in [0.29, 0.717) is 22.3 Å². The zero-order valence-corrected chi connectivity index (χ0v) is 19.5. The first-order chi connectivity index (χ1) is 17.7. The Balaban J connectivity index is 1.78. The lowest BCUT2D eigenvalue weighted by Gasteiger charge is -2.26. The van der Waals surface area contributed by atoms with Crippen LogP contribution in [0.5, 0.6) is 5.75 Å². The monoisotopic (exact) mass is 503 g/mol. The highest BCUT2D eigenvalue weighted by Gasteiger charge is 2.47. The number of aliphatic hydroxyl groups is 1. The first kappa shape index (κ1) is 24.1. The number of ketones is 1. The highest BCUT2D eigenvalue weighted by Crippen LogP contribution is 2.44. The number of carbonyl (C=O) groups excluding carboxylic acids is 2. The molecule has 1 aliphatic heterocycles. The van der Waals surface area contributed by atoms with Gasteiger partial charge in [0.1, 0.15) is 11.5 Å². The number of nitrogens with zero attached hydrogens (tertiary/aromatic N) is 1. The second-order valence-electron chi connectivity index (χ2n) is 8.52. The number of benzene rings is 4. The molecule has 5 rings (SSSR count). The molecule has 0 saturated carbocycles. The molecule has 4 aromatic carbocycles. The molecule has 1 N–H and O–H groups in total. The number of ether oxygens (including phenoxy) is 1. The fourth-order valence-corrected chi connectivity index (χ4v) is 4.63. The molecule has 0 spiro atoms. The number of carbonyl (C=O) groups is 2. The van der Waals surface area contributed by atoms with Gasteiger partial charge in [-0.15, -0.1) is 0 Å².